The van der Waals surface area contributed by atoms with Gasteiger partial charge >= 0.3 is 0 Å². The number of pyridine rings is 1. The Bertz CT molecular complexity index is 1780. The molecule has 0 aliphatic carbocycles. The summed E-state index contributed by atoms with van der Waals surface area (Å²) in [4.78, 5) is 5.21. The Labute approximate surface area is 223 Å². The van der Waals surface area contributed by atoms with Crippen LogP contribution in [0.5, 0.6) is 0 Å². The molecule has 0 saturated carbocycles. The zero-order chi connectivity index (χ0) is 25.9. The molecule has 37 heavy (non-hydrogen) atoms. The SMILES string of the molecule is Cc1csc2c(-c3ccc4c(CC(C)C)coc4c3)cc(-c3cc(C(C)(C)C)c4ccccc4c3)nc12. The van der Waals surface area contributed by atoms with Crippen molar-refractivity contribution in [1.29, 1.82) is 0 Å². The molecule has 3 heterocycles. The van der Waals surface area contributed by atoms with Gasteiger partial charge in [0.25, 0.3) is 0 Å². The molecular weight excluding hydrogens is 470 g/mol. The monoisotopic (exact) mass is 503 g/mol. The maximum Gasteiger partial charge on any atom is 0.134 e. The van der Waals surface area contributed by atoms with E-state index in [1.165, 1.54) is 48.7 Å². The quantitative estimate of drug-likeness (QED) is 0.239. The smallest absolute Gasteiger partial charge is 0.134 e. The zero-order valence-corrected chi connectivity index (χ0v) is 23.3. The van der Waals surface area contributed by atoms with Gasteiger partial charge in [-0.25, -0.2) is 4.98 Å². The number of thiophene rings is 1. The molecule has 6 aromatic rings. The van der Waals surface area contributed by atoms with Crippen molar-refractivity contribution in [2.24, 2.45) is 5.92 Å². The lowest BCUT2D eigenvalue weighted by Crippen LogP contribution is -2.12. The van der Waals surface area contributed by atoms with Crippen LogP contribution in [0.4, 0.5) is 0 Å². The van der Waals surface area contributed by atoms with Crippen molar-refractivity contribution in [2.45, 2.75) is 53.4 Å². The van der Waals surface area contributed by atoms with Gasteiger partial charge < -0.3 is 4.42 Å². The molecule has 0 amide bonds. The molecule has 0 atom stereocenters. The third kappa shape index (κ3) is 4.26. The second-order valence-electron chi connectivity index (χ2n) is 11.7. The number of hydrogen-bond donors (Lipinski definition) is 0. The molecule has 3 aromatic carbocycles. The number of furan rings is 1. The fraction of sp³-hybridized carbons (Fsp3) is 0.265. The Morgan fingerprint density at radius 1 is 0.919 bits per heavy atom. The normalized spacial score (nSPS) is 12.4. The molecule has 0 bridgehead atoms. The van der Waals surface area contributed by atoms with Gasteiger partial charge in [0.1, 0.15) is 5.58 Å². The minimum Gasteiger partial charge on any atom is -0.464 e. The Kier molecular flexibility index (Phi) is 5.72. The lowest BCUT2D eigenvalue weighted by Gasteiger charge is -2.23. The summed E-state index contributed by atoms with van der Waals surface area (Å²) in [5.41, 5.74) is 10.5. The van der Waals surface area contributed by atoms with Crippen LogP contribution in [0.2, 0.25) is 0 Å². The number of nitrogens with zero attached hydrogens (tertiary/aromatic N) is 1. The highest BCUT2D eigenvalue weighted by atomic mass is 32.1. The molecule has 3 heteroatoms. The van der Waals surface area contributed by atoms with E-state index in [-0.39, 0.29) is 5.41 Å². The topological polar surface area (TPSA) is 26.0 Å². The van der Waals surface area contributed by atoms with Crippen LogP contribution in [-0.2, 0) is 11.8 Å². The third-order valence-corrected chi connectivity index (χ3v) is 8.38. The summed E-state index contributed by atoms with van der Waals surface area (Å²) in [7, 11) is 0. The number of aryl methyl sites for hydroxylation is 1. The molecule has 0 aliphatic rings. The van der Waals surface area contributed by atoms with E-state index in [0.717, 1.165) is 28.8 Å². The van der Waals surface area contributed by atoms with Gasteiger partial charge in [-0.3, -0.25) is 0 Å². The van der Waals surface area contributed by atoms with E-state index in [1.807, 2.05) is 6.26 Å². The first-order valence-corrected chi connectivity index (χ1v) is 14.0. The Balaban J connectivity index is 1.57. The first-order valence-electron chi connectivity index (χ1n) is 13.1. The van der Waals surface area contributed by atoms with E-state index in [1.54, 1.807) is 11.3 Å². The Morgan fingerprint density at radius 2 is 1.73 bits per heavy atom. The lowest BCUT2D eigenvalue weighted by atomic mass is 9.82. The first-order chi connectivity index (χ1) is 17.7. The molecule has 186 valence electrons. The summed E-state index contributed by atoms with van der Waals surface area (Å²) in [6.45, 7) is 13.5. The standard InChI is InChI=1S/C34H33NOS/c1-20(2)13-25-18-36-31-16-23(11-12-27(25)31)28-17-30(35-32-21(3)19-37-33(28)32)24-14-22-9-7-8-10-26(22)29(15-24)34(4,5)6/h7-12,14-20H,13H2,1-6H3. The van der Waals surface area contributed by atoms with E-state index in [0.29, 0.717) is 5.92 Å². The molecule has 3 aromatic heterocycles. The van der Waals surface area contributed by atoms with Crippen LogP contribution in [0, 0.1) is 12.8 Å². The molecular formula is C34H33NOS. The molecule has 0 radical (unpaired) electrons. The van der Waals surface area contributed by atoms with Crippen molar-refractivity contribution >= 4 is 43.3 Å². The van der Waals surface area contributed by atoms with E-state index >= 15 is 0 Å². The van der Waals surface area contributed by atoms with E-state index in [2.05, 4.69) is 108 Å². The van der Waals surface area contributed by atoms with Crippen LogP contribution in [0.3, 0.4) is 0 Å². The average molecular weight is 504 g/mol. The van der Waals surface area contributed by atoms with Crippen LogP contribution in [0.25, 0.3) is 54.3 Å². The highest BCUT2D eigenvalue weighted by Gasteiger charge is 2.20. The van der Waals surface area contributed by atoms with Crippen LogP contribution < -0.4 is 0 Å². The molecule has 0 N–H and O–H groups in total. The number of hydrogen-bond acceptors (Lipinski definition) is 3. The van der Waals surface area contributed by atoms with Gasteiger partial charge in [-0.1, -0.05) is 71.0 Å². The van der Waals surface area contributed by atoms with Gasteiger partial charge in [0, 0.05) is 16.5 Å². The van der Waals surface area contributed by atoms with Crippen molar-refractivity contribution in [3.63, 3.8) is 0 Å². The maximum absolute atomic E-state index is 6.03. The molecule has 0 spiro atoms. The summed E-state index contributed by atoms with van der Waals surface area (Å²) >= 11 is 1.78. The van der Waals surface area contributed by atoms with Crippen LogP contribution in [-0.4, -0.2) is 4.98 Å². The average Bonchev–Trinajstić information content (AvgIpc) is 3.44. The Morgan fingerprint density at radius 3 is 2.51 bits per heavy atom. The highest BCUT2D eigenvalue weighted by molar-refractivity contribution is 7.18. The summed E-state index contributed by atoms with van der Waals surface area (Å²) in [5.74, 6) is 0.594. The van der Waals surface area contributed by atoms with Gasteiger partial charge in [-0.2, -0.15) is 0 Å². The largest absolute Gasteiger partial charge is 0.464 e. The second kappa shape index (κ2) is 8.85. The van der Waals surface area contributed by atoms with Crippen molar-refractivity contribution in [2.75, 3.05) is 0 Å². The van der Waals surface area contributed by atoms with Crippen molar-refractivity contribution in [3.8, 4) is 22.4 Å². The van der Waals surface area contributed by atoms with Crippen molar-refractivity contribution < 1.29 is 4.42 Å². The summed E-state index contributed by atoms with van der Waals surface area (Å²) in [6.07, 6.45) is 2.96. The van der Waals surface area contributed by atoms with Crippen LogP contribution in [0.15, 0.2) is 76.7 Å². The predicted molar refractivity (Wildman–Crippen MR) is 160 cm³/mol. The first kappa shape index (κ1) is 23.9. The van der Waals surface area contributed by atoms with E-state index in [9.17, 15) is 0 Å². The number of benzene rings is 3. The minimum atomic E-state index is 0.0266. The number of fused-ring (bicyclic) bond motifs is 3. The number of rotatable bonds is 4. The predicted octanol–water partition coefficient (Wildman–Crippen LogP) is 10.3. The molecule has 0 saturated heterocycles. The second-order valence-corrected chi connectivity index (χ2v) is 12.6. The van der Waals surface area contributed by atoms with Gasteiger partial charge in [0.15, 0.2) is 0 Å². The molecule has 2 nitrogen and oxygen atoms in total. The summed E-state index contributed by atoms with van der Waals surface area (Å²) < 4.78 is 7.26. The fourth-order valence-corrected chi connectivity index (χ4v) is 6.44. The summed E-state index contributed by atoms with van der Waals surface area (Å²) in [5, 5.41) is 6.00. The lowest BCUT2D eigenvalue weighted by molar-refractivity contribution is 0.594. The van der Waals surface area contributed by atoms with Gasteiger partial charge in [0.2, 0.25) is 0 Å². The molecule has 6 rings (SSSR count). The van der Waals surface area contributed by atoms with Crippen LogP contribution in [0.1, 0.15) is 51.3 Å². The molecule has 0 fully saturated rings. The van der Waals surface area contributed by atoms with Crippen molar-refractivity contribution in [1.82, 2.24) is 4.98 Å². The zero-order valence-electron chi connectivity index (χ0n) is 22.5. The van der Waals surface area contributed by atoms with E-state index in [4.69, 9.17) is 9.40 Å². The summed E-state index contributed by atoms with van der Waals surface area (Å²) in [6, 6.07) is 22.3. The van der Waals surface area contributed by atoms with Crippen molar-refractivity contribution in [3.05, 3.63) is 89.0 Å². The molecule has 0 unspecified atom stereocenters. The van der Waals surface area contributed by atoms with Gasteiger partial charge in [0.05, 0.1) is 22.2 Å². The Hall–Kier alpha value is -3.43. The minimum absolute atomic E-state index is 0.0266. The third-order valence-electron chi connectivity index (χ3n) is 7.26. The van der Waals surface area contributed by atoms with Crippen LogP contribution >= 0.6 is 11.3 Å². The number of aromatic nitrogens is 1. The molecule has 0 aliphatic heterocycles. The van der Waals surface area contributed by atoms with E-state index < -0.39 is 0 Å². The van der Waals surface area contributed by atoms with Gasteiger partial charge in [-0.15, -0.1) is 11.3 Å². The fourth-order valence-electron chi connectivity index (χ4n) is 5.41. The highest BCUT2D eigenvalue weighted by Crippen LogP contribution is 2.40. The maximum atomic E-state index is 6.03. The van der Waals surface area contributed by atoms with Gasteiger partial charge in [-0.05, 0) is 87.3 Å².